The van der Waals surface area contributed by atoms with Gasteiger partial charge >= 0.3 is 0 Å². The lowest BCUT2D eigenvalue weighted by Gasteiger charge is -2.24. The van der Waals surface area contributed by atoms with Crippen LogP contribution in [0.25, 0.3) is 22.2 Å². The molecule has 0 unspecified atom stereocenters. The van der Waals surface area contributed by atoms with Crippen molar-refractivity contribution >= 4 is 22.5 Å². The number of ether oxygens (including phenoxy) is 1. The first-order valence-electron chi connectivity index (χ1n) is 11.2. The van der Waals surface area contributed by atoms with Crippen molar-refractivity contribution < 1.29 is 9.53 Å². The molecular weight excluding hydrogens is 412 g/mol. The molecule has 0 saturated carbocycles. The van der Waals surface area contributed by atoms with E-state index in [4.69, 9.17) is 9.72 Å². The first kappa shape index (κ1) is 20.9. The minimum absolute atomic E-state index is 0.0512. The van der Waals surface area contributed by atoms with Gasteiger partial charge in [0.1, 0.15) is 5.75 Å². The number of anilines is 1. The second-order valence-corrected chi connectivity index (χ2v) is 8.14. The van der Waals surface area contributed by atoms with Crippen molar-refractivity contribution in [3.8, 4) is 17.0 Å². The Kier molecular flexibility index (Phi) is 5.89. The average molecular weight is 439 g/mol. The summed E-state index contributed by atoms with van der Waals surface area (Å²) in [6.45, 7) is 3.10. The molecule has 33 heavy (non-hydrogen) atoms. The number of benzene rings is 2. The molecule has 2 aromatic carbocycles. The number of aromatic nitrogens is 2. The maximum absolute atomic E-state index is 13.7. The number of pyridine rings is 2. The zero-order chi connectivity index (χ0) is 22.6. The number of carbonyl (C=O) groups excluding carboxylic acids is 1. The molecule has 0 atom stereocenters. The van der Waals surface area contributed by atoms with Crippen molar-refractivity contribution in [2.75, 3.05) is 38.2 Å². The van der Waals surface area contributed by atoms with Gasteiger partial charge in [0.2, 0.25) is 0 Å². The second kappa shape index (κ2) is 9.28. The molecule has 6 nitrogen and oxygen atoms in total. The normalized spacial score (nSPS) is 14.2. The van der Waals surface area contributed by atoms with Crippen molar-refractivity contribution in [3.05, 3.63) is 84.7 Å². The highest BCUT2D eigenvalue weighted by atomic mass is 16.5. The van der Waals surface area contributed by atoms with Crippen molar-refractivity contribution in [1.82, 2.24) is 14.9 Å². The van der Waals surface area contributed by atoms with Gasteiger partial charge in [0, 0.05) is 55.2 Å². The van der Waals surface area contributed by atoms with Gasteiger partial charge in [0.05, 0.1) is 23.9 Å². The number of methoxy groups -OCH3 is 1. The van der Waals surface area contributed by atoms with Gasteiger partial charge in [-0.2, -0.15) is 0 Å². The molecule has 0 N–H and O–H groups in total. The van der Waals surface area contributed by atoms with Crippen LogP contribution in [0.3, 0.4) is 0 Å². The molecule has 0 bridgehead atoms. The third-order valence-corrected chi connectivity index (χ3v) is 6.12. The Labute approximate surface area is 193 Å². The van der Waals surface area contributed by atoms with Crippen LogP contribution in [0, 0.1) is 0 Å². The van der Waals surface area contributed by atoms with Crippen LogP contribution in [0.4, 0.5) is 5.69 Å². The van der Waals surface area contributed by atoms with E-state index >= 15 is 0 Å². The van der Waals surface area contributed by atoms with E-state index in [9.17, 15) is 4.79 Å². The van der Waals surface area contributed by atoms with E-state index in [2.05, 4.69) is 22.0 Å². The second-order valence-electron chi connectivity index (χ2n) is 8.14. The van der Waals surface area contributed by atoms with E-state index in [1.165, 1.54) is 0 Å². The standard InChI is InChI=1S/C27H26N4O2/c1-33-22-11-9-21(10-12-22)30-14-5-15-31(17-16-30)27(32)24-18-26(20-6-4-13-28-19-20)29-25-8-3-2-7-23(24)25/h2-4,6-13,18-19H,5,14-17H2,1H3. The summed E-state index contributed by atoms with van der Waals surface area (Å²) in [4.78, 5) is 27.0. The Morgan fingerprint density at radius 2 is 1.79 bits per heavy atom. The molecule has 4 aromatic rings. The van der Waals surface area contributed by atoms with Crippen LogP contribution < -0.4 is 9.64 Å². The Morgan fingerprint density at radius 1 is 0.939 bits per heavy atom. The third-order valence-electron chi connectivity index (χ3n) is 6.12. The first-order valence-corrected chi connectivity index (χ1v) is 11.2. The third kappa shape index (κ3) is 4.37. The maximum atomic E-state index is 13.7. The summed E-state index contributed by atoms with van der Waals surface area (Å²) in [7, 11) is 1.67. The van der Waals surface area contributed by atoms with E-state index in [1.54, 1.807) is 19.5 Å². The zero-order valence-corrected chi connectivity index (χ0v) is 18.6. The van der Waals surface area contributed by atoms with Crippen molar-refractivity contribution in [1.29, 1.82) is 0 Å². The number of fused-ring (bicyclic) bond motifs is 1. The molecule has 2 aromatic heterocycles. The van der Waals surface area contributed by atoms with Gasteiger partial charge in [-0.3, -0.25) is 9.78 Å². The lowest BCUT2D eigenvalue weighted by molar-refractivity contribution is 0.0769. The van der Waals surface area contributed by atoms with Crippen LogP contribution in [-0.4, -0.2) is 54.1 Å². The lowest BCUT2D eigenvalue weighted by Crippen LogP contribution is -2.35. The van der Waals surface area contributed by atoms with Crippen molar-refractivity contribution in [2.45, 2.75) is 6.42 Å². The Hall–Kier alpha value is -3.93. The molecule has 1 saturated heterocycles. The quantitative estimate of drug-likeness (QED) is 0.464. The fourth-order valence-corrected chi connectivity index (χ4v) is 4.36. The summed E-state index contributed by atoms with van der Waals surface area (Å²) in [5, 5.41) is 0.881. The van der Waals surface area contributed by atoms with Crippen molar-refractivity contribution in [3.63, 3.8) is 0 Å². The fraction of sp³-hybridized carbons (Fsp3) is 0.222. The highest BCUT2D eigenvalue weighted by molar-refractivity contribution is 6.07. The predicted octanol–water partition coefficient (Wildman–Crippen LogP) is 4.66. The molecule has 1 aliphatic rings. The minimum Gasteiger partial charge on any atom is -0.497 e. The molecule has 3 heterocycles. The van der Waals surface area contributed by atoms with Gasteiger partial charge in [-0.1, -0.05) is 18.2 Å². The van der Waals surface area contributed by atoms with Crippen LogP contribution in [0.15, 0.2) is 79.1 Å². The summed E-state index contributed by atoms with van der Waals surface area (Å²) in [6.07, 6.45) is 4.43. The van der Waals surface area contributed by atoms with Crippen molar-refractivity contribution in [2.24, 2.45) is 0 Å². The number of rotatable bonds is 4. The molecule has 166 valence electrons. The predicted molar refractivity (Wildman–Crippen MR) is 131 cm³/mol. The van der Waals surface area contributed by atoms with Gasteiger partial charge < -0.3 is 14.5 Å². The summed E-state index contributed by atoms with van der Waals surface area (Å²) in [6, 6.07) is 21.7. The largest absolute Gasteiger partial charge is 0.497 e. The molecule has 0 spiro atoms. The number of amides is 1. The van der Waals surface area contributed by atoms with Crippen LogP contribution in [0.2, 0.25) is 0 Å². The molecule has 0 radical (unpaired) electrons. The van der Waals surface area contributed by atoms with Crippen LogP contribution in [0.5, 0.6) is 5.75 Å². The Morgan fingerprint density at radius 3 is 2.58 bits per heavy atom. The maximum Gasteiger partial charge on any atom is 0.254 e. The zero-order valence-electron chi connectivity index (χ0n) is 18.6. The van der Waals surface area contributed by atoms with E-state index in [1.807, 2.05) is 59.5 Å². The van der Waals surface area contributed by atoms with Crippen LogP contribution in [-0.2, 0) is 0 Å². The molecule has 6 heteroatoms. The van der Waals surface area contributed by atoms with Crippen LogP contribution >= 0.6 is 0 Å². The molecular formula is C27H26N4O2. The number of carbonyl (C=O) groups is 1. The monoisotopic (exact) mass is 438 g/mol. The van der Waals surface area contributed by atoms with Gasteiger partial charge in [0.15, 0.2) is 0 Å². The highest BCUT2D eigenvalue weighted by Gasteiger charge is 2.23. The van der Waals surface area contributed by atoms with E-state index in [0.29, 0.717) is 12.1 Å². The van der Waals surface area contributed by atoms with E-state index in [0.717, 1.165) is 59.7 Å². The molecule has 1 amide bonds. The van der Waals surface area contributed by atoms with Crippen LogP contribution in [0.1, 0.15) is 16.8 Å². The molecule has 1 fully saturated rings. The van der Waals surface area contributed by atoms with Gasteiger partial charge in [0.25, 0.3) is 5.91 Å². The number of nitrogens with zero attached hydrogens (tertiary/aromatic N) is 4. The topological polar surface area (TPSA) is 58.6 Å². The number of para-hydroxylation sites is 1. The van der Waals surface area contributed by atoms with Gasteiger partial charge in [-0.15, -0.1) is 0 Å². The first-order chi connectivity index (χ1) is 16.2. The van der Waals surface area contributed by atoms with Gasteiger partial charge in [-0.05, 0) is 55.0 Å². The smallest absolute Gasteiger partial charge is 0.254 e. The summed E-state index contributed by atoms with van der Waals surface area (Å²) < 4.78 is 5.28. The van der Waals surface area contributed by atoms with E-state index < -0.39 is 0 Å². The average Bonchev–Trinajstić information content (AvgIpc) is 3.14. The van der Waals surface area contributed by atoms with Gasteiger partial charge in [-0.25, -0.2) is 4.98 Å². The Bertz CT molecular complexity index is 1260. The number of hydrogen-bond acceptors (Lipinski definition) is 5. The lowest BCUT2D eigenvalue weighted by atomic mass is 10.0. The Balaban J connectivity index is 1.42. The number of hydrogen-bond donors (Lipinski definition) is 0. The summed E-state index contributed by atoms with van der Waals surface area (Å²) >= 11 is 0. The molecule has 0 aliphatic carbocycles. The summed E-state index contributed by atoms with van der Waals surface area (Å²) in [5.41, 5.74) is 4.33. The summed E-state index contributed by atoms with van der Waals surface area (Å²) in [5.74, 6) is 0.898. The minimum atomic E-state index is 0.0512. The highest BCUT2D eigenvalue weighted by Crippen LogP contribution is 2.26. The SMILES string of the molecule is COc1ccc(N2CCCN(C(=O)c3cc(-c4cccnc4)nc4ccccc34)CC2)cc1. The molecule has 1 aliphatic heterocycles. The molecule has 5 rings (SSSR count). The van der Waals surface area contributed by atoms with E-state index in [-0.39, 0.29) is 5.91 Å². The fourth-order valence-electron chi connectivity index (χ4n) is 4.36.